The summed E-state index contributed by atoms with van der Waals surface area (Å²) in [5.74, 6) is -0.0364. The molecule has 0 aliphatic rings. The van der Waals surface area contributed by atoms with Crippen LogP contribution >= 0.6 is 0 Å². The van der Waals surface area contributed by atoms with Crippen LogP contribution in [0.25, 0.3) is 0 Å². The molecule has 0 radical (unpaired) electrons. The van der Waals surface area contributed by atoms with Crippen LogP contribution in [0.4, 0.5) is 5.69 Å². The molecule has 0 unspecified atom stereocenters. The summed E-state index contributed by atoms with van der Waals surface area (Å²) in [5, 5.41) is 5.40. The molecule has 7 nitrogen and oxygen atoms in total. The Hall–Kier alpha value is -3.35. The smallest absolute Gasteiger partial charge is 0.251 e. The average molecular weight is 412 g/mol. The minimum absolute atomic E-state index is 0.0647. The maximum absolute atomic E-state index is 12.3. The number of nitrogens with zero attached hydrogens (tertiary/aromatic N) is 1. The molecule has 0 atom stereocenters. The fourth-order valence-electron chi connectivity index (χ4n) is 2.64. The Labute approximate surface area is 177 Å². The normalized spacial score (nSPS) is 10.2. The minimum atomic E-state index is -0.346. The van der Waals surface area contributed by atoms with Crippen molar-refractivity contribution in [2.75, 3.05) is 25.5 Å². The number of unbranched alkanes of at least 4 members (excludes halogenated alkanes) is 1. The van der Waals surface area contributed by atoms with Gasteiger partial charge in [0.25, 0.3) is 5.91 Å². The molecule has 0 spiro atoms. The number of hydrogen-bond acceptors (Lipinski definition) is 4. The molecule has 0 aliphatic carbocycles. The zero-order valence-electron chi connectivity index (χ0n) is 17.7. The zero-order valence-corrected chi connectivity index (χ0v) is 17.7. The van der Waals surface area contributed by atoms with Gasteiger partial charge < -0.3 is 20.3 Å². The number of ether oxygens (including phenoxy) is 1. The van der Waals surface area contributed by atoms with E-state index in [2.05, 4.69) is 17.6 Å². The van der Waals surface area contributed by atoms with Crippen molar-refractivity contribution in [3.8, 4) is 5.75 Å². The van der Waals surface area contributed by atoms with Gasteiger partial charge in [-0.25, -0.2) is 0 Å². The first-order valence-corrected chi connectivity index (χ1v) is 10.0. The van der Waals surface area contributed by atoms with Gasteiger partial charge in [0.2, 0.25) is 11.8 Å². The van der Waals surface area contributed by atoms with Crippen molar-refractivity contribution >= 4 is 23.4 Å². The number of amides is 3. The van der Waals surface area contributed by atoms with Gasteiger partial charge in [-0.3, -0.25) is 14.4 Å². The lowest BCUT2D eigenvalue weighted by Crippen LogP contribution is -2.33. The number of anilines is 1. The van der Waals surface area contributed by atoms with Crippen LogP contribution in [-0.4, -0.2) is 42.8 Å². The Balaban J connectivity index is 1.87. The maximum atomic E-state index is 12.3. The summed E-state index contributed by atoms with van der Waals surface area (Å²) in [6.45, 7) is 4.44. The summed E-state index contributed by atoms with van der Waals surface area (Å²) in [6, 6.07) is 14.1. The molecule has 2 aromatic rings. The van der Waals surface area contributed by atoms with E-state index in [4.69, 9.17) is 4.74 Å². The van der Waals surface area contributed by atoms with Gasteiger partial charge in [-0.1, -0.05) is 31.5 Å². The second-order valence-electron chi connectivity index (χ2n) is 6.99. The Bertz CT molecular complexity index is 865. The summed E-state index contributed by atoms with van der Waals surface area (Å²) >= 11 is 0. The summed E-state index contributed by atoms with van der Waals surface area (Å²) in [7, 11) is 1.70. The minimum Gasteiger partial charge on any atom is -0.494 e. The summed E-state index contributed by atoms with van der Waals surface area (Å²) in [4.78, 5) is 37.6. The lowest BCUT2D eigenvalue weighted by Gasteiger charge is -2.18. The fourth-order valence-corrected chi connectivity index (χ4v) is 2.64. The Morgan fingerprint density at radius 1 is 1.03 bits per heavy atom. The van der Waals surface area contributed by atoms with Gasteiger partial charge in [-0.2, -0.15) is 0 Å². The molecule has 30 heavy (non-hydrogen) atoms. The molecular weight excluding hydrogens is 382 g/mol. The average Bonchev–Trinajstić information content (AvgIpc) is 2.74. The SMILES string of the molecule is CCCCOc1ccc(C(=O)NCC(=O)Nc2ccccc2CN(C)C(C)=O)cc1. The van der Waals surface area contributed by atoms with Crippen LogP contribution in [0, 0.1) is 0 Å². The third-order valence-electron chi connectivity index (χ3n) is 4.53. The Kier molecular flexibility index (Phi) is 8.87. The maximum Gasteiger partial charge on any atom is 0.251 e. The van der Waals surface area contributed by atoms with E-state index >= 15 is 0 Å². The molecule has 7 heteroatoms. The van der Waals surface area contributed by atoms with Gasteiger partial charge in [-0.15, -0.1) is 0 Å². The van der Waals surface area contributed by atoms with E-state index in [0.29, 0.717) is 30.2 Å². The van der Waals surface area contributed by atoms with Crippen LogP contribution in [-0.2, 0) is 16.1 Å². The van der Waals surface area contributed by atoms with Crippen LogP contribution in [0.15, 0.2) is 48.5 Å². The third-order valence-corrected chi connectivity index (χ3v) is 4.53. The van der Waals surface area contributed by atoms with Crippen LogP contribution in [0.5, 0.6) is 5.75 Å². The predicted octanol–water partition coefficient (Wildman–Crippen LogP) is 3.21. The highest BCUT2D eigenvalue weighted by atomic mass is 16.5. The first-order valence-electron chi connectivity index (χ1n) is 10.0. The van der Waals surface area contributed by atoms with Crippen molar-refractivity contribution in [3.05, 3.63) is 59.7 Å². The van der Waals surface area contributed by atoms with Gasteiger partial charge >= 0.3 is 0 Å². The number of nitrogens with one attached hydrogen (secondary N) is 2. The highest BCUT2D eigenvalue weighted by Crippen LogP contribution is 2.17. The Morgan fingerprint density at radius 2 is 1.73 bits per heavy atom. The number of carbonyl (C=O) groups is 3. The lowest BCUT2D eigenvalue weighted by atomic mass is 10.1. The first kappa shape index (κ1) is 22.9. The van der Waals surface area contributed by atoms with Crippen molar-refractivity contribution in [2.24, 2.45) is 0 Å². The lowest BCUT2D eigenvalue weighted by molar-refractivity contribution is -0.128. The zero-order chi connectivity index (χ0) is 21.9. The van der Waals surface area contributed by atoms with E-state index in [0.717, 1.165) is 18.4 Å². The summed E-state index contributed by atoms with van der Waals surface area (Å²) in [5.41, 5.74) is 1.88. The molecule has 0 saturated carbocycles. The molecule has 2 rings (SSSR count). The van der Waals surface area contributed by atoms with Crippen molar-refractivity contribution in [1.82, 2.24) is 10.2 Å². The number of benzene rings is 2. The topological polar surface area (TPSA) is 87.7 Å². The molecule has 0 aliphatic heterocycles. The van der Waals surface area contributed by atoms with Crippen LogP contribution in [0.3, 0.4) is 0 Å². The van der Waals surface area contributed by atoms with Crippen LogP contribution < -0.4 is 15.4 Å². The molecule has 0 aromatic heterocycles. The largest absolute Gasteiger partial charge is 0.494 e. The molecule has 2 N–H and O–H groups in total. The van der Waals surface area contributed by atoms with Crippen molar-refractivity contribution < 1.29 is 19.1 Å². The number of carbonyl (C=O) groups excluding carboxylic acids is 3. The quantitative estimate of drug-likeness (QED) is 0.588. The van der Waals surface area contributed by atoms with Crippen molar-refractivity contribution in [3.63, 3.8) is 0 Å². The standard InChI is InChI=1S/C23H29N3O4/c1-4-5-14-30-20-12-10-18(11-13-20)23(29)24-15-22(28)25-21-9-7-6-8-19(21)16-26(3)17(2)27/h6-13H,4-5,14-16H2,1-3H3,(H,24,29)(H,25,28). The van der Waals surface area contributed by atoms with E-state index in [1.807, 2.05) is 12.1 Å². The monoisotopic (exact) mass is 411 g/mol. The third kappa shape index (κ3) is 7.24. The van der Waals surface area contributed by atoms with Crippen molar-refractivity contribution in [2.45, 2.75) is 33.2 Å². The second-order valence-corrected chi connectivity index (χ2v) is 6.99. The molecule has 0 saturated heterocycles. The summed E-state index contributed by atoms with van der Waals surface area (Å²) < 4.78 is 5.58. The van der Waals surface area contributed by atoms with Crippen molar-refractivity contribution in [1.29, 1.82) is 0 Å². The molecule has 0 fully saturated rings. The number of para-hydroxylation sites is 1. The molecular formula is C23H29N3O4. The van der Waals surface area contributed by atoms with Gasteiger partial charge in [-0.05, 0) is 42.3 Å². The second kappa shape index (κ2) is 11.6. The highest BCUT2D eigenvalue weighted by molar-refractivity contribution is 5.99. The van der Waals surface area contributed by atoms with Crippen LogP contribution in [0.2, 0.25) is 0 Å². The van der Waals surface area contributed by atoms with Gasteiger partial charge in [0.1, 0.15) is 5.75 Å². The molecule has 0 heterocycles. The Morgan fingerprint density at radius 3 is 2.40 bits per heavy atom. The molecule has 2 aromatic carbocycles. The van der Waals surface area contributed by atoms with Crippen LogP contribution in [0.1, 0.15) is 42.6 Å². The van der Waals surface area contributed by atoms with Gasteiger partial charge in [0.15, 0.2) is 0 Å². The van der Waals surface area contributed by atoms with E-state index in [-0.39, 0.29) is 24.3 Å². The van der Waals surface area contributed by atoms with E-state index in [1.54, 1.807) is 48.3 Å². The van der Waals surface area contributed by atoms with E-state index in [9.17, 15) is 14.4 Å². The fraction of sp³-hybridized carbons (Fsp3) is 0.348. The molecule has 0 bridgehead atoms. The van der Waals surface area contributed by atoms with Gasteiger partial charge in [0, 0.05) is 31.8 Å². The molecule has 3 amide bonds. The van der Waals surface area contributed by atoms with E-state index in [1.165, 1.54) is 6.92 Å². The number of hydrogen-bond donors (Lipinski definition) is 2. The number of rotatable bonds is 10. The molecule has 160 valence electrons. The summed E-state index contributed by atoms with van der Waals surface area (Å²) in [6.07, 6.45) is 2.03. The first-order chi connectivity index (χ1) is 14.4. The van der Waals surface area contributed by atoms with Gasteiger partial charge in [0.05, 0.1) is 13.2 Å². The van der Waals surface area contributed by atoms with E-state index < -0.39 is 0 Å². The predicted molar refractivity (Wildman–Crippen MR) is 116 cm³/mol. The highest BCUT2D eigenvalue weighted by Gasteiger charge is 2.12.